The van der Waals surface area contributed by atoms with Gasteiger partial charge >= 0.3 is 0 Å². The fraction of sp³-hybridized carbons (Fsp3) is 1.00. The zero-order valence-corrected chi connectivity index (χ0v) is 7.58. The first kappa shape index (κ1) is 9.96. The van der Waals surface area contributed by atoms with Crippen molar-refractivity contribution in [3.63, 3.8) is 0 Å². The maximum Gasteiger partial charge on any atom is 0.0558 e. The Morgan fingerprint density at radius 2 is 2.08 bits per heavy atom. The van der Waals surface area contributed by atoms with E-state index >= 15 is 0 Å². The Morgan fingerprint density at radius 3 is 2.75 bits per heavy atom. The van der Waals surface area contributed by atoms with Crippen LogP contribution in [0.4, 0.5) is 0 Å². The predicted octanol–water partition coefficient (Wildman–Crippen LogP) is 0.0731. The zero-order chi connectivity index (χ0) is 8.81. The number of piperidine rings is 1. The van der Waals surface area contributed by atoms with Gasteiger partial charge in [-0.05, 0) is 31.7 Å². The maximum atomic E-state index is 8.77. The van der Waals surface area contributed by atoms with Crippen molar-refractivity contribution in [1.29, 1.82) is 0 Å². The first-order chi connectivity index (χ1) is 5.86. The first-order valence-corrected chi connectivity index (χ1v) is 4.81. The molecular weight excluding hydrogens is 154 g/mol. The number of aliphatic hydroxyl groups is 2. The molecule has 3 nitrogen and oxygen atoms in total. The normalized spacial score (nSPS) is 26.0. The number of hydrogen-bond donors (Lipinski definition) is 2. The van der Waals surface area contributed by atoms with Gasteiger partial charge in [0.05, 0.1) is 6.61 Å². The van der Waals surface area contributed by atoms with Crippen molar-refractivity contribution in [3.8, 4) is 0 Å². The Morgan fingerprint density at radius 1 is 1.25 bits per heavy atom. The number of nitrogens with zero attached hydrogens (tertiary/aromatic N) is 1. The average Bonchev–Trinajstić information content (AvgIpc) is 2.06. The Balaban J connectivity index is 2.20. The average molecular weight is 173 g/mol. The fourth-order valence-corrected chi connectivity index (χ4v) is 1.91. The van der Waals surface area contributed by atoms with Crippen molar-refractivity contribution in [2.24, 2.45) is 5.92 Å². The van der Waals surface area contributed by atoms with E-state index in [1.54, 1.807) is 0 Å². The second-order valence-corrected chi connectivity index (χ2v) is 3.54. The van der Waals surface area contributed by atoms with Crippen molar-refractivity contribution < 1.29 is 10.2 Å². The Bertz CT molecular complexity index is 103. The molecule has 0 saturated carbocycles. The van der Waals surface area contributed by atoms with E-state index < -0.39 is 0 Å². The lowest BCUT2D eigenvalue weighted by molar-refractivity contribution is 0.124. The fourth-order valence-electron chi connectivity index (χ4n) is 1.91. The third-order valence-corrected chi connectivity index (χ3v) is 2.56. The van der Waals surface area contributed by atoms with E-state index in [0.29, 0.717) is 12.5 Å². The van der Waals surface area contributed by atoms with E-state index in [1.807, 2.05) is 0 Å². The summed E-state index contributed by atoms with van der Waals surface area (Å²) in [5.74, 6) is 0.648. The first-order valence-electron chi connectivity index (χ1n) is 4.81. The largest absolute Gasteiger partial charge is 0.396 e. The number of aliphatic hydroxyl groups excluding tert-OH is 2. The molecule has 0 amide bonds. The van der Waals surface area contributed by atoms with Gasteiger partial charge < -0.3 is 15.1 Å². The van der Waals surface area contributed by atoms with Crippen LogP contribution in [0.15, 0.2) is 0 Å². The summed E-state index contributed by atoms with van der Waals surface area (Å²) in [5.41, 5.74) is 0. The molecule has 0 bridgehead atoms. The van der Waals surface area contributed by atoms with Crippen LogP contribution in [0.3, 0.4) is 0 Å². The van der Waals surface area contributed by atoms with E-state index in [0.717, 1.165) is 26.1 Å². The zero-order valence-electron chi connectivity index (χ0n) is 7.58. The molecule has 0 aromatic carbocycles. The molecular formula is C9H19NO2. The molecule has 0 aliphatic carbocycles. The molecule has 1 aliphatic heterocycles. The summed E-state index contributed by atoms with van der Waals surface area (Å²) in [5, 5.41) is 17.5. The van der Waals surface area contributed by atoms with Crippen LogP contribution < -0.4 is 0 Å². The van der Waals surface area contributed by atoms with Crippen LogP contribution in [0.5, 0.6) is 0 Å². The number of likely N-dealkylation sites (tertiary alicyclic amines) is 1. The monoisotopic (exact) mass is 173 g/mol. The van der Waals surface area contributed by atoms with Gasteiger partial charge in [0.2, 0.25) is 0 Å². The number of rotatable bonds is 4. The minimum Gasteiger partial charge on any atom is -0.396 e. The third-order valence-electron chi connectivity index (χ3n) is 2.56. The van der Waals surface area contributed by atoms with Gasteiger partial charge in [0.25, 0.3) is 0 Å². The highest BCUT2D eigenvalue weighted by Gasteiger charge is 2.18. The van der Waals surface area contributed by atoms with Gasteiger partial charge in [0, 0.05) is 19.7 Å². The van der Waals surface area contributed by atoms with E-state index in [2.05, 4.69) is 4.90 Å². The standard InChI is InChI=1S/C9H19NO2/c11-6-3-9-2-1-4-10(8-9)5-7-12/h9,11-12H,1-8H2. The Hall–Kier alpha value is -0.120. The lowest BCUT2D eigenvalue weighted by atomic mass is 9.95. The van der Waals surface area contributed by atoms with Crippen LogP contribution in [0, 0.1) is 5.92 Å². The van der Waals surface area contributed by atoms with Gasteiger partial charge in [-0.25, -0.2) is 0 Å². The lowest BCUT2D eigenvalue weighted by Gasteiger charge is -2.31. The highest BCUT2D eigenvalue weighted by molar-refractivity contribution is 4.72. The Labute approximate surface area is 74.0 Å². The minimum atomic E-state index is 0.256. The van der Waals surface area contributed by atoms with Gasteiger partial charge in [-0.1, -0.05) is 0 Å². The topological polar surface area (TPSA) is 43.7 Å². The van der Waals surface area contributed by atoms with Gasteiger partial charge in [0.1, 0.15) is 0 Å². The second kappa shape index (κ2) is 5.51. The molecule has 0 spiro atoms. The van der Waals surface area contributed by atoms with Crippen LogP contribution in [-0.4, -0.2) is 48.0 Å². The molecule has 1 aliphatic rings. The lowest BCUT2D eigenvalue weighted by Crippen LogP contribution is -2.37. The number of β-amino-alcohol motifs (C(OH)–C–C–N with tert-alkyl or cyclic N) is 1. The van der Waals surface area contributed by atoms with E-state index in [1.165, 1.54) is 12.8 Å². The summed E-state index contributed by atoms with van der Waals surface area (Å²) in [4.78, 5) is 2.28. The highest BCUT2D eigenvalue weighted by atomic mass is 16.3. The van der Waals surface area contributed by atoms with E-state index in [4.69, 9.17) is 10.2 Å². The van der Waals surface area contributed by atoms with Crippen molar-refractivity contribution >= 4 is 0 Å². The van der Waals surface area contributed by atoms with Crippen LogP contribution in [0.2, 0.25) is 0 Å². The van der Waals surface area contributed by atoms with Crippen LogP contribution in [0.1, 0.15) is 19.3 Å². The Kier molecular flexibility index (Phi) is 4.58. The summed E-state index contributed by atoms with van der Waals surface area (Å²) >= 11 is 0. The molecule has 1 rings (SSSR count). The third kappa shape index (κ3) is 3.09. The molecule has 1 saturated heterocycles. The van der Waals surface area contributed by atoms with E-state index in [9.17, 15) is 0 Å². The molecule has 1 atom stereocenters. The van der Waals surface area contributed by atoms with Crippen LogP contribution >= 0.6 is 0 Å². The van der Waals surface area contributed by atoms with Gasteiger partial charge in [-0.3, -0.25) is 0 Å². The summed E-state index contributed by atoms with van der Waals surface area (Å²) in [6.07, 6.45) is 3.37. The summed E-state index contributed by atoms with van der Waals surface area (Å²) in [6, 6.07) is 0. The van der Waals surface area contributed by atoms with Crippen LogP contribution in [0.25, 0.3) is 0 Å². The summed E-state index contributed by atoms with van der Waals surface area (Å²) in [6.45, 7) is 3.52. The second-order valence-electron chi connectivity index (χ2n) is 3.54. The minimum absolute atomic E-state index is 0.256. The van der Waals surface area contributed by atoms with E-state index in [-0.39, 0.29) is 6.61 Å². The van der Waals surface area contributed by atoms with Gasteiger partial charge in [-0.15, -0.1) is 0 Å². The van der Waals surface area contributed by atoms with Crippen molar-refractivity contribution in [3.05, 3.63) is 0 Å². The SMILES string of the molecule is OCCC1CCCN(CCO)C1. The molecule has 1 heterocycles. The molecule has 0 radical (unpaired) electrons. The predicted molar refractivity (Wildman–Crippen MR) is 48.0 cm³/mol. The van der Waals surface area contributed by atoms with Crippen molar-refractivity contribution in [2.75, 3.05) is 32.8 Å². The quantitative estimate of drug-likeness (QED) is 0.632. The molecule has 0 aromatic rings. The summed E-state index contributed by atoms with van der Waals surface area (Å²) in [7, 11) is 0. The molecule has 2 N–H and O–H groups in total. The molecule has 12 heavy (non-hydrogen) atoms. The molecule has 3 heteroatoms. The van der Waals surface area contributed by atoms with Crippen LogP contribution in [-0.2, 0) is 0 Å². The smallest absolute Gasteiger partial charge is 0.0558 e. The molecule has 1 unspecified atom stereocenters. The molecule has 0 aromatic heterocycles. The van der Waals surface area contributed by atoms with Gasteiger partial charge in [-0.2, -0.15) is 0 Å². The molecule has 72 valence electrons. The maximum absolute atomic E-state index is 8.77. The highest BCUT2D eigenvalue weighted by Crippen LogP contribution is 2.18. The number of hydrogen-bond acceptors (Lipinski definition) is 3. The summed E-state index contributed by atoms with van der Waals surface area (Å²) < 4.78 is 0. The van der Waals surface area contributed by atoms with Crippen molar-refractivity contribution in [1.82, 2.24) is 4.90 Å². The van der Waals surface area contributed by atoms with Crippen molar-refractivity contribution in [2.45, 2.75) is 19.3 Å². The molecule has 1 fully saturated rings. The van der Waals surface area contributed by atoms with Gasteiger partial charge in [0.15, 0.2) is 0 Å².